The number of aromatic hydroxyl groups is 1. The molecular formula is C33H43NO8. The highest BCUT2D eigenvalue weighted by atomic mass is 16.5. The summed E-state index contributed by atoms with van der Waals surface area (Å²) in [5.41, 5.74) is -0.733. The average Bonchev–Trinajstić information content (AvgIpc) is 3.22. The van der Waals surface area contributed by atoms with Gasteiger partial charge in [0.05, 0.1) is 12.5 Å². The lowest BCUT2D eigenvalue weighted by Gasteiger charge is -2.60. The minimum Gasteiger partial charge on any atom is -0.508 e. The molecule has 4 aliphatic carbocycles. The quantitative estimate of drug-likeness (QED) is 0.325. The number of nitrogens with one attached hydrogen (secondary N) is 1. The molecule has 1 amide bonds. The van der Waals surface area contributed by atoms with Crippen LogP contribution in [0.4, 0.5) is 0 Å². The molecule has 228 valence electrons. The van der Waals surface area contributed by atoms with E-state index in [0.29, 0.717) is 25.8 Å². The number of allylic oxidation sites excluding steroid dienone is 1. The van der Waals surface area contributed by atoms with Crippen LogP contribution >= 0.6 is 0 Å². The fourth-order valence-electron chi connectivity index (χ4n) is 8.80. The number of carbonyl (C=O) groups excluding carboxylic acids is 4. The van der Waals surface area contributed by atoms with E-state index in [1.165, 1.54) is 0 Å². The number of hydrogen-bond acceptors (Lipinski definition) is 8. The fourth-order valence-corrected chi connectivity index (χ4v) is 8.80. The number of ketones is 2. The highest BCUT2D eigenvalue weighted by Crippen LogP contribution is 2.67. The Kier molecular flexibility index (Phi) is 8.38. The first-order chi connectivity index (χ1) is 19.9. The van der Waals surface area contributed by atoms with E-state index in [4.69, 9.17) is 4.74 Å². The van der Waals surface area contributed by atoms with Crippen molar-refractivity contribution in [1.29, 1.82) is 0 Å². The van der Waals surface area contributed by atoms with Gasteiger partial charge in [-0.05, 0) is 91.9 Å². The fraction of sp³-hybridized carbons (Fsp3) is 0.636. The molecule has 5 rings (SSSR count). The topological polar surface area (TPSA) is 150 Å². The van der Waals surface area contributed by atoms with Gasteiger partial charge in [-0.15, -0.1) is 0 Å². The van der Waals surface area contributed by atoms with Crippen LogP contribution in [0.25, 0.3) is 0 Å². The van der Waals surface area contributed by atoms with Gasteiger partial charge in [-0.1, -0.05) is 31.6 Å². The summed E-state index contributed by atoms with van der Waals surface area (Å²) < 4.78 is 5.22. The lowest BCUT2D eigenvalue weighted by atomic mass is 9.45. The Bertz CT molecular complexity index is 1270. The second kappa shape index (κ2) is 11.6. The Balaban J connectivity index is 1.13. The number of carbonyl (C=O) groups is 4. The number of ether oxygens (including phenoxy) is 1. The molecule has 3 saturated carbocycles. The van der Waals surface area contributed by atoms with Crippen molar-refractivity contribution in [1.82, 2.24) is 5.32 Å². The van der Waals surface area contributed by atoms with E-state index >= 15 is 0 Å². The second-order valence-electron chi connectivity index (χ2n) is 13.3. The number of aliphatic hydroxyl groups excluding tert-OH is 1. The Morgan fingerprint density at radius 1 is 1.05 bits per heavy atom. The minimum atomic E-state index is -1.71. The van der Waals surface area contributed by atoms with Gasteiger partial charge < -0.3 is 25.4 Å². The number of aliphatic hydroxyl groups is 2. The number of phenols is 1. The van der Waals surface area contributed by atoms with Crippen LogP contribution in [0.2, 0.25) is 0 Å². The number of phenolic OH excluding ortho intramolecular Hbond substituents is 1. The molecule has 0 aromatic heterocycles. The largest absolute Gasteiger partial charge is 0.508 e. The van der Waals surface area contributed by atoms with Crippen LogP contribution in [-0.4, -0.2) is 63.6 Å². The Hall–Kier alpha value is -3.04. The van der Waals surface area contributed by atoms with Crippen LogP contribution < -0.4 is 5.32 Å². The van der Waals surface area contributed by atoms with Gasteiger partial charge in [-0.2, -0.15) is 0 Å². The first-order valence-corrected chi connectivity index (χ1v) is 15.3. The molecule has 1 aromatic carbocycles. The zero-order chi connectivity index (χ0) is 30.3. The first kappa shape index (κ1) is 30.4. The maximum Gasteiger partial charge on any atom is 0.306 e. The highest BCUT2D eigenvalue weighted by Gasteiger charge is 2.68. The highest BCUT2D eigenvalue weighted by molar-refractivity contribution is 5.92. The molecule has 42 heavy (non-hydrogen) atoms. The SMILES string of the molecule is CC12CCC(=O)C=C1CCC1C2C(O)CC2(C)C1CCC2(O)C(=O)COC(=O)CCC(=O)NCCc1ccc(O)cc1. The molecule has 4 N–H and O–H groups in total. The van der Waals surface area contributed by atoms with Crippen molar-refractivity contribution in [2.24, 2.45) is 28.6 Å². The van der Waals surface area contributed by atoms with E-state index in [2.05, 4.69) is 12.2 Å². The van der Waals surface area contributed by atoms with Crippen molar-refractivity contribution in [2.45, 2.75) is 89.8 Å². The molecule has 0 heterocycles. The third-order valence-corrected chi connectivity index (χ3v) is 11.1. The third-order valence-electron chi connectivity index (χ3n) is 11.1. The number of fused-ring (bicyclic) bond motifs is 5. The van der Waals surface area contributed by atoms with Crippen molar-refractivity contribution in [2.75, 3.05) is 13.2 Å². The van der Waals surface area contributed by atoms with Gasteiger partial charge in [0.25, 0.3) is 0 Å². The number of benzene rings is 1. The van der Waals surface area contributed by atoms with E-state index in [1.807, 2.05) is 6.92 Å². The van der Waals surface area contributed by atoms with E-state index < -0.39 is 35.5 Å². The summed E-state index contributed by atoms with van der Waals surface area (Å²) in [7, 11) is 0. The number of hydrogen-bond donors (Lipinski definition) is 4. The van der Waals surface area contributed by atoms with Gasteiger partial charge in [0.2, 0.25) is 11.7 Å². The number of Topliss-reactive ketones (excluding diaryl/α,β-unsaturated/α-hetero) is 1. The van der Waals surface area contributed by atoms with Gasteiger partial charge in [-0.3, -0.25) is 19.2 Å². The van der Waals surface area contributed by atoms with Gasteiger partial charge in [0.15, 0.2) is 12.4 Å². The molecule has 3 fully saturated rings. The monoisotopic (exact) mass is 581 g/mol. The predicted octanol–water partition coefficient (Wildman–Crippen LogP) is 3.18. The zero-order valence-corrected chi connectivity index (χ0v) is 24.6. The zero-order valence-electron chi connectivity index (χ0n) is 24.6. The first-order valence-electron chi connectivity index (χ1n) is 15.3. The Morgan fingerprint density at radius 2 is 1.79 bits per heavy atom. The third kappa shape index (κ3) is 5.41. The summed E-state index contributed by atoms with van der Waals surface area (Å²) in [4.78, 5) is 50.0. The van der Waals surface area contributed by atoms with Gasteiger partial charge in [0.1, 0.15) is 11.4 Å². The van der Waals surface area contributed by atoms with Gasteiger partial charge in [-0.25, -0.2) is 0 Å². The van der Waals surface area contributed by atoms with Crippen molar-refractivity contribution in [3.05, 3.63) is 41.5 Å². The van der Waals surface area contributed by atoms with Crippen LogP contribution in [0.5, 0.6) is 5.75 Å². The smallest absolute Gasteiger partial charge is 0.306 e. The Labute approximate surface area is 246 Å². The molecule has 7 atom stereocenters. The van der Waals surface area contributed by atoms with E-state index in [0.717, 1.165) is 30.4 Å². The lowest BCUT2D eigenvalue weighted by Crippen LogP contribution is -2.62. The van der Waals surface area contributed by atoms with Crippen molar-refractivity contribution < 1.29 is 39.2 Å². The molecule has 9 heteroatoms. The summed E-state index contributed by atoms with van der Waals surface area (Å²) in [6.07, 6.45) is 5.36. The van der Waals surface area contributed by atoms with Crippen molar-refractivity contribution in [3.8, 4) is 5.75 Å². The number of esters is 1. The second-order valence-corrected chi connectivity index (χ2v) is 13.3. The molecule has 4 aliphatic rings. The molecular weight excluding hydrogens is 538 g/mol. The normalized spacial score (nSPS) is 35.3. The van der Waals surface area contributed by atoms with Crippen LogP contribution in [0.1, 0.15) is 77.2 Å². The standard InChI is InChI=1S/C33H43NO8/c1-31-14-11-23(36)17-21(31)5-8-24-25-12-15-33(41,32(25,2)18-26(37)30(24)31)27(38)19-42-29(40)10-9-28(39)34-16-13-20-3-6-22(35)7-4-20/h3-4,6-7,17,24-26,30,35,37,41H,5,8-16,18-19H2,1-2H3,(H,34,39). The van der Waals surface area contributed by atoms with E-state index in [1.54, 1.807) is 30.3 Å². The molecule has 0 radical (unpaired) electrons. The van der Waals surface area contributed by atoms with Crippen molar-refractivity contribution in [3.63, 3.8) is 0 Å². The minimum absolute atomic E-state index is 0.0220. The number of amides is 1. The van der Waals surface area contributed by atoms with Gasteiger partial charge >= 0.3 is 5.97 Å². The summed E-state index contributed by atoms with van der Waals surface area (Å²) >= 11 is 0. The summed E-state index contributed by atoms with van der Waals surface area (Å²) in [5, 5.41) is 35.4. The maximum absolute atomic E-state index is 13.4. The predicted molar refractivity (Wildman–Crippen MR) is 153 cm³/mol. The average molecular weight is 582 g/mol. The Morgan fingerprint density at radius 3 is 2.52 bits per heavy atom. The maximum atomic E-state index is 13.4. The van der Waals surface area contributed by atoms with Crippen molar-refractivity contribution >= 4 is 23.4 Å². The van der Waals surface area contributed by atoms with Crippen LogP contribution in [0.3, 0.4) is 0 Å². The molecule has 0 saturated heterocycles. The van der Waals surface area contributed by atoms with Crippen LogP contribution in [0, 0.1) is 28.6 Å². The van der Waals surface area contributed by atoms with E-state index in [-0.39, 0.29) is 66.3 Å². The van der Waals surface area contributed by atoms with Crippen LogP contribution in [-0.2, 0) is 30.3 Å². The summed E-state index contributed by atoms with van der Waals surface area (Å²) in [6, 6.07) is 6.69. The lowest BCUT2D eigenvalue weighted by molar-refractivity contribution is -0.184. The van der Waals surface area contributed by atoms with Crippen LogP contribution in [0.15, 0.2) is 35.9 Å². The molecule has 1 aromatic rings. The molecule has 9 nitrogen and oxygen atoms in total. The van der Waals surface area contributed by atoms with E-state index in [9.17, 15) is 34.5 Å². The van der Waals surface area contributed by atoms with Gasteiger partial charge in [0, 0.05) is 24.8 Å². The summed E-state index contributed by atoms with van der Waals surface area (Å²) in [6.45, 7) is 3.86. The number of rotatable bonds is 9. The molecule has 7 unspecified atom stereocenters. The molecule has 0 aliphatic heterocycles. The molecule has 0 spiro atoms. The molecule has 0 bridgehead atoms. The summed E-state index contributed by atoms with van der Waals surface area (Å²) in [5.74, 6) is -1.08.